The van der Waals surface area contributed by atoms with Crippen LogP contribution in [0.15, 0.2) is 39.6 Å². The van der Waals surface area contributed by atoms with Crippen molar-refractivity contribution >= 4 is 45.7 Å². The molecule has 1 amide bonds. The number of carbonyl (C=O) groups is 3. The van der Waals surface area contributed by atoms with E-state index in [0.29, 0.717) is 16.3 Å². The van der Waals surface area contributed by atoms with E-state index in [9.17, 15) is 19.5 Å². The summed E-state index contributed by atoms with van der Waals surface area (Å²) in [4.78, 5) is 40.5. The highest BCUT2D eigenvalue weighted by Gasteiger charge is 2.37. The van der Waals surface area contributed by atoms with Gasteiger partial charge in [-0.25, -0.2) is 14.6 Å². The number of nitrogens with zero attached hydrogens (tertiary/aromatic N) is 5. The number of carbonyl (C=O) groups excluding carboxylic acids is 2. The molecule has 1 N–H and O–H groups in total. The van der Waals surface area contributed by atoms with Gasteiger partial charge in [-0.15, -0.1) is 0 Å². The van der Waals surface area contributed by atoms with Gasteiger partial charge in [-0.1, -0.05) is 23.5 Å². The van der Waals surface area contributed by atoms with Gasteiger partial charge in [0.2, 0.25) is 5.13 Å². The summed E-state index contributed by atoms with van der Waals surface area (Å²) in [7, 11) is 0. The second kappa shape index (κ2) is 8.27. The number of esters is 1. The lowest BCUT2D eigenvalue weighted by Gasteiger charge is -2.08. The minimum absolute atomic E-state index is 0.0252. The molecule has 11 heteroatoms. The summed E-state index contributed by atoms with van der Waals surface area (Å²) >= 11 is 0.996. The average Bonchev–Trinajstić information content (AvgIpc) is 3.20. The molecule has 1 aliphatic rings. The number of aromatic nitrogens is 1. The smallest absolute Gasteiger partial charge is 0.350 e. The highest BCUT2D eigenvalue weighted by Crippen LogP contribution is 2.30. The number of hydrogen-bond acceptors (Lipinski definition) is 9. The maximum absolute atomic E-state index is 12.8. The highest BCUT2D eigenvalue weighted by atomic mass is 32.1. The number of thiazole rings is 1. The molecule has 0 bridgehead atoms. The number of hydrazone groups is 1. The molecule has 2 heterocycles. The Bertz CT molecular complexity index is 1050. The van der Waals surface area contributed by atoms with Crippen molar-refractivity contribution in [2.45, 2.75) is 26.8 Å². The van der Waals surface area contributed by atoms with Crippen LogP contribution in [0.5, 0.6) is 0 Å². The summed E-state index contributed by atoms with van der Waals surface area (Å²) in [6.07, 6.45) is 0. The van der Waals surface area contributed by atoms with Crippen LogP contribution in [0.1, 0.15) is 39.6 Å². The number of azo groups is 1. The van der Waals surface area contributed by atoms with Crippen LogP contribution in [0, 0.1) is 6.92 Å². The van der Waals surface area contributed by atoms with Crippen LogP contribution in [0.4, 0.5) is 10.8 Å². The number of aryl methyl sites for hydroxylation is 1. The Labute approximate surface area is 169 Å². The predicted molar refractivity (Wildman–Crippen MR) is 105 cm³/mol. The number of rotatable bonds is 6. The Kier molecular flexibility index (Phi) is 5.78. The van der Waals surface area contributed by atoms with E-state index in [2.05, 4.69) is 20.3 Å². The molecule has 10 nitrogen and oxygen atoms in total. The van der Waals surface area contributed by atoms with E-state index < -0.39 is 23.9 Å². The van der Waals surface area contributed by atoms with Gasteiger partial charge in [0.25, 0.3) is 5.91 Å². The quantitative estimate of drug-likeness (QED) is 0.569. The molecule has 0 aliphatic carbocycles. The molecule has 0 unspecified atom stereocenters. The fourth-order valence-corrected chi connectivity index (χ4v) is 3.46. The van der Waals surface area contributed by atoms with E-state index in [4.69, 9.17) is 4.74 Å². The Hall–Kier alpha value is -3.47. The van der Waals surface area contributed by atoms with E-state index in [1.54, 1.807) is 32.9 Å². The summed E-state index contributed by atoms with van der Waals surface area (Å²) in [5.74, 6) is -2.15. The number of carboxylic acid groups (broad SMARTS) is 1. The van der Waals surface area contributed by atoms with Crippen molar-refractivity contribution < 1.29 is 24.2 Å². The first kappa shape index (κ1) is 20.3. The van der Waals surface area contributed by atoms with Crippen LogP contribution in [0.3, 0.4) is 0 Å². The summed E-state index contributed by atoms with van der Waals surface area (Å²) in [6.45, 7) is 5.18. The zero-order valence-corrected chi connectivity index (χ0v) is 16.6. The van der Waals surface area contributed by atoms with Crippen LogP contribution in [0.25, 0.3) is 0 Å². The van der Waals surface area contributed by atoms with Gasteiger partial charge >= 0.3 is 11.9 Å². The standard InChI is InChI=1S/C18H17N5O5S/c1-4-28-17(27)14-10(3)19-18(29-14)23-15(24)13(9(2)22-23)21-20-12-8-6-5-7-11(12)16(25)26/h5-8,13H,4H2,1-3H3,(H,25,26)/t13-/m1/s1. The molecule has 1 atom stereocenters. The first-order valence-corrected chi connectivity index (χ1v) is 9.42. The van der Waals surface area contributed by atoms with Crippen LogP contribution in [-0.4, -0.2) is 46.3 Å². The van der Waals surface area contributed by atoms with Crippen molar-refractivity contribution in [2.75, 3.05) is 11.6 Å². The first-order chi connectivity index (χ1) is 13.8. The van der Waals surface area contributed by atoms with E-state index in [1.807, 2.05) is 0 Å². The Morgan fingerprint density at radius 2 is 2.03 bits per heavy atom. The highest BCUT2D eigenvalue weighted by molar-refractivity contribution is 7.17. The molecule has 0 fully saturated rings. The minimum Gasteiger partial charge on any atom is -0.478 e. The van der Waals surface area contributed by atoms with Crippen molar-refractivity contribution in [3.8, 4) is 0 Å². The molecule has 1 aromatic carbocycles. The van der Waals surface area contributed by atoms with E-state index in [0.717, 1.165) is 16.3 Å². The maximum atomic E-state index is 12.8. The van der Waals surface area contributed by atoms with Gasteiger partial charge in [0.1, 0.15) is 4.88 Å². The molecule has 0 saturated heterocycles. The maximum Gasteiger partial charge on any atom is 0.350 e. The largest absolute Gasteiger partial charge is 0.478 e. The van der Waals surface area contributed by atoms with Crippen LogP contribution in [0.2, 0.25) is 0 Å². The van der Waals surface area contributed by atoms with Crippen molar-refractivity contribution in [3.05, 3.63) is 40.4 Å². The van der Waals surface area contributed by atoms with Crippen molar-refractivity contribution in [3.63, 3.8) is 0 Å². The Morgan fingerprint density at radius 1 is 1.31 bits per heavy atom. The summed E-state index contributed by atoms with van der Waals surface area (Å²) in [5.41, 5.74) is 0.915. The summed E-state index contributed by atoms with van der Waals surface area (Å²) in [6, 6.07) is 5.08. The van der Waals surface area contributed by atoms with Gasteiger partial charge < -0.3 is 9.84 Å². The van der Waals surface area contributed by atoms with Crippen LogP contribution in [-0.2, 0) is 9.53 Å². The fourth-order valence-electron chi connectivity index (χ4n) is 2.55. The number of carboxylic acids is 1. The molecule has 0 radical (unpaired) electrons. The van der Waals surface area contributed by atoms with Crippen LogP contribution < -0.4 is 5.01 Å². The zero-order valence-electron chi connectivity index (χ0n) is 15.8. The minimum atomic E-state index is -1.14. The number of aromatic carboxylic acids is 1. The third kappa shape index (κ3) is 4.04. The second-order valence-electron chi connectivity index (χ2n) is 5.96. The molecule has 2 aromatic rings. The SMILES string of the molecule is CCOC(=O)c1sc(N2N=C(C)[C@@H](N=Nc3ccccc3C(=O)O)C2=O)nc1C. The monoisotopic (exact) mass is 415 g/mol. The van der Waals surface area contributed by atoms with Crippen molar-refractivity contribution in [1.29, 1.82) is 0 Å². The first-order valence-electron chi connectivity index (χ1n) is 8.60. The lowest BCUT2D eigenvalue weighted by molar-refractivity contribution is -0.117. The second-order valence-corrected chi connectivity index (χ2v) is 6.94. The van der Waals surface area contributed by atoms with Gasteiger partial charge in [-0.2, -0.15) is 20.3 Å². The number of hydrogen-bond donors (Lipinski definition) is 1. The summed E-state index contributed by atoms with van der Waals surface area (Å²) in [5, 5.41) is 22.6. The van der Waals surface area contributed by atoms with Crippen molar-refractivity contribution in [1.82, 2.24) is 4.98 Å². The lowest BCUT2D eigenvalue weighted by atomic mass is 10.2. The van der Waals surface area contributed by atoms with E-state index >= 15 is 0 Å². The van der Waals surface area contributed by atoms with E-state index in [-0.39, 0.29) is 23.0 Å². The molecule has 0 spiro atoms. The number of benzene rings is 1. The average molecular weight is 415 g/mol. The summed E-state index contributed by atoms with van der Waals surface area (Å²) < 4.78 is 4.98. The zero-order chi connectivity index (χ0) is 21.1. The topological polar surface area (TPSA) is 134 Å². The Balaban J connectivity index is 1.84. The van der Waals surface area contributed by atoms with Gasteiger partial charge in [0, 0.05) is 0 Å². The number of ether oxygens (including phenoxy) is 1. The third-order valence-corrected chi connectivity index (χ3v) is 5.05. The molecule has 1 aromatic heterocycles. The third-order valence-electron chi connectivity index (χ3n) is 3.94. The number of amides is 1. The molecule has 3 rings (SSSR count). The predicted octanol–water partition coefficient (Wildman–Crippen LogP) is 3.20. The molecule has 1 aliphatic heterocycles. The fraction of sp³-hybridized carbons (Fsp3) is 0.278. The molecule has 150 valence electrons. The number of anilines is 1. The van der Waals surface area contributed by atoms with Crippen molar-refractivity contribution in [2.24, 2.45) is 15.3 Å². The lowest BCUT2D eigenvalue weighted by Crippen LogP contribution is -2.29. The molecular weight excluding hydrogens is 398 g/mol. The van der Waals surface area contributed by atoms with Gasteiger partial charge in [-0.05, 0) is 32.9 Å². The molecule has 29 heavy (non-hydrogen) atoms. The van der Waals surface area contributed by atoms with Gasteiger partial charge in [-0.3, -0.25) is 4.79 Å². The van der Waals surface area contributed by atoms with Gasteiger partial charge in [0.15, 0.2) is 6.04 Å². The Morgan fingerprint density at radius 3 is 2.72 bits per heavy atom. The van der Waals surface area contributed by atoms with E-state index in [1.165, 1.54) is 12.1 Å². The van der Waals surface area contributed by atoms with Gasteiger partial charge in [0.05, 0.1) is 29.3 Å². The molecule has 0 saturated carbocycles. The van der Waals surface area contributed by atoms with Crippen LogP contribution >= 0.6 is 11.3 Å². The molecular formula is C18H17N5O5S. The normalized spacial score (nSPS) is 16.4.